The van der Waals surface area contributed by atoms with Crippen molar-refractivity contribution in [3.05, 3.63) is 41.5 Å². The predicted molar refractivity (Wildman–Crippen MR) is 105 cm³/mol. The van der Waals surface area contributed by atoms with E-state index >= 15 is 0 Å². The number of anilines is 1. The summed E-state index contributed by atoms with van der Waals surface area (Å²) < 4.78 is 15.0. The molecule has 0 aromatic heterocycles. The first kappa shape index (κ1) is 19.2. The number of hydrogen-bond acceptors (Lipinski definition) is 7. The van der Waals surface area contributed by atoms with Gasteiger partial charge in [0.05, 0.1) is 26.4 Å². The average molecular weight is 398 g/mol. The number of imide groups is 1. The van der Waals surface area contributed by atoms with Gasteiger partial charge in [0.1, 0.15) is 6.61 Å². The molecular weight excluding hydrogens is 376 g/mol. The third-order valence-corrected chi connectivity index (χ3v) is 5.12. The van der Waals surface area contributed by atoms with E-state index in [0.29, 0.717) is 29.7 Å². The average Bonchev–Trinajstić information content (AvgIpc) is 2.75. The first-order chi connectivity index (χ1) is 14.1. The minimum absolute atomic E-state index is 0.0302. The molecule has 2 aliphatic rings. The number of carbonyl (C=O) groups excluding carboxylic acids is 3. The zero-order chi connectivity index (χ0) is 20.4. The highest BCUT2D eigenvalue weighted by Crippen LogP contribution is 2.36. The maximum atomic E-state index is 13.0. The lowest BCUT2D eigenvalue weighted by atomic mass is 9.92. The van der Waals surface area contributed by atoms with Crippen LogP contribution in [0.5, 0.6) is 0 Å². The summed E-state index contributed by atoms with van der Waals surface area (Å²) in [5.41, 5.74) is 1.94. The zero-order valence-electron chi connectivity index (χ0n) is 16.2. The quantitative estimate of drug-likeness (QED) is 0.565. The van der Waals surface area contributed by atoms with Crippen LogP contribution in [-0.2, 0) is 14.2 Å². The third-order valence-electron chi connectivity index (χ3n) is 5.12. The second-order valence-corrected chi connectivity index (χ2v) is 6.75. The summed E-state index contributed by atoms with van der Waals surface area (Å²) in [7, 11) is 0. The first-order valence-corrected chi connectivity index (χ1v) is 9.66. The van der Waals surface area contributed by atoms with Gasteiger partial charge in [0, 0.05) is 40.7 Å². The van der Waals surface area contributed by atoms with Gasteiger partial charge in [-0.15, -0.1) is 0 Å². The summed E-state index contributed by atoms with van der Waals surface area (Å²) in [5, 5.41) is 1.56. The van der Waals surface area contributed by atoms with E-state index in [2.05, 4.69) is 4.90 Å². The molecule has 29 heavy (non-hydrogen) atoms. The van der Waals surface area contributed by atoms with Crippen LogP contribution in [0.15, 0.2) is 30.3 Å². The summed E-state index contributed by atoms with van der Waals surface area (Å²) in [6, 6.07) is 9.18. The molecule has 1 fully saturated rings. The monoisotopic (exact) mass is 398 g/mol. The summed E-state index contributed by atoms with van der Waals surface area (Å²) in [6.45, 7) is 4.54. The summed E-state index contributed by atoms with van der Waals surface area (Å²) in [6.07, 6.45) is -0.818. The van der Waals surface area contributed by atoms with E-state index in [1.165, 1.54) is 0 Å². The molecule has 0 saturated carbocycles. The maximum Gasteiger partial charge on any atom is 0.508 e. The Hall–Kier alpha value is -3.13. The van der Waals surface area contributed by atoms with E-state index < -0.39 is 6.16 Å². The second kappa shape index (κ2) is 8.08. The standard InChI is InChI=1S/C21H22N2O6/c1-2-28-21(26)29-13-10-23-19(24)15-5-3-4-14-17(22-8-11-27-12-9-22)7-6-16(18(14)15)20(23)25/h3-7H,2,8-13H2,1H3. The van der Waals surface area contributed by atoms with Crippen molar-refractivity contribution >= 4 is 34.4 Å². The topological polar surface area (TPSA) is 85.4 Å². The molecule has 0 aliphatic carbocycles. The fourth-order valence-corrected chi connectivity index (χ4v) is 3.79. The minimum atomic E-state index is -0.818. The van der Waals surface area contributed by atoms with Crippen LogP contribution < -0.4 is 4.90 Å². The lowest BCUT2D eigenvalue weighted by Crippen LogP contribution is -2.42. The minimum Gasteiger partial charge on any atom is -0.435 e. The molecular formula is C21H22N2O6. The molecule has 0 spiro atoms. The zero-order valence-corrected chi connectivity index (χ0v) is 16.2. The highest BCUT2D eigenvalue weighted by atomic mass is 16.7. The van der Waals surface area contributed by atoms with E-state index in [1.807, 2.05) is 18.2 Å². The number of ether oxygens (including phenoxy) is 3. The van der Waals surface area contributed by atoms with Crippen molar-refractivity contribution in [1.29, 1.82) is 0 Å². The SMILES string of the molecule is CCOC(=O)OCCN1C(=O)c2cccc3c(N4CCOCC4)ccc(c23)C1=O. The van der Waals surface area contributed by atoms with Gasteiger partial charge in [-0.3, -0.25) is 14.5 Å². The van der Waals surface area contributed by atoms with E-state index in [4.69, 9.17) is 14.2 Å². The van der Waals surface area contributed by atoms with Crippen LogP contribution in [0.4, 0.5) is 10.5 Å². The van der Waals surface area contributed by atoms with Crippen LogP contribution in [-0.4, -0.2) is 68.9 Å². The van der Waals surface area contributed by atoms with Crippen molar-refractivity contribution in [2.24, 2.45) is 0 Å². The third kappa shape index (κ3) is 3.51. The Morgan fingerprint density at radius 3 is 2.48 bits per heavy atom. The van der Waals surface area contributed by atoms with Gasteiger partial charge >= 0.3 is 6.16 Å². The van der Waals surface area contributed by atoms with Gasteiger partial charge in [0.15, 0.2) is 0 Å². The van der Waals surface area contributed by atoms with Gasteiger partial charge in [-0.1, -0.05) is 12.1 Å². The Kier molecular flexibility index (Phi) is 5.35. The molecule has 0 radical (unpaired) electrons. The first-order valence-electron chi connectivity index (χ1n) is 9.66. The van der Waals surface area contributed by atoms with Crippen LogP contribution in [0.3, 0.4) is 0 Å². The van der Waals surface area contributed by atoms with Gasteiger partial charge in [0.25, 0.3) is 11.8 Å². The van der Waals surface area contributed by atoms with Gasteiger partial charge < -0.3 is 19.1 Å². The fraction of sp³-hybridized carbons (Fsp3) is 0.381. The lowest BCUT2D eigenvalue weighted by Gasteiger charge is -2.32. The van der Waals surface area contributed by atoms with Gasteiger partial charge in [0.2, 0.25) is 0 Å². The van der Waals surface area contributed by atoms with Crippen LogP contribution in [0, 0.1) is 0 Å². The van der Waals surface area contributed by atoms with Crippen LogP contribution in [0.25, 0.3) is 10.8 Å². The van der Waals surface area contributed by atoms with Crippen molar-refractivity contribution in [1.82, 2.24) is 4.90 Å². The van der Waals surface area contributed by atoms with Crippen molar-refractivity contribution in [2.75, 3.05) is 51.0 Å². The largest absolute Gasteiger partial charge is 0.508 e. The lowest BCUT2D eigenvalue weighted by molar-refractivity contribution is 0.0417. The van der Waals surface area contributed by atoms with Crippen molar-refractivity contribution in [3.63, 3.8) is 0 Å². The Morgan fingerprint density at radius 2 is 1.76 bits per heavy atom. The number of carbonyl (C=O) groups is 3. The van der Waals surface area contributed by atoms with E-state index in [9.17, 15) is 14.4 Å². The molecule has 152 valence electrons. The molecule has 8 nitrogen and oxygen atoms in total. The predicted octanol–water partition coefficient (Wildman–Crippen LogP) is 2.45. The summed E-state index contributed by atoms with van der Waals surface area (Å²) in [4.78, 5) is 40.7. The number of hydrogen-bond donors (Lipinski definition) is 0. The van der Waals surface area contributed by atoms with E-state index in [1.54, 1.807) is 19.1 Å². The Balaban J connectivity index is 1.64. The number of nitrogens with zero attached hydrogens (tertiary/aromatic N) is 2. The smallest absolute Gasteiger partial charge is 0.435 e. The summed E-state index contributed by atoms with van der Waals surface area (Å²) >= 11 is 0. The number of rotatable bonds is 5. The molecule has 0 unspecified atom stereocenters. The number of amides is 2. The Bertz CT molecular complexity index is 945. The second-order valence-electron chi connectivity index (χ2n) is 6.75. The molecule has 2 heterocycles. The normalized spacial score (nSPS) is 16.3. The van der Waals surface area contributed by atoms with Gasteiger partial charge in [-0.2, -0.15) is 0 Å². The number of morpholine rings is 1. The molecule has 2 aromatic carbocycles. The van der Waals surface area contributed by atoms with Crippen molar-refractivity contribution in [3.8, 4) is 0 Å². The van der Waals surface area contributed by atoms with Gasteiger partial charge in [-0.05, 0) is 25.1 Å². The molecule has 0 N–H and O–H groups in total. The molecule has 0 bridgehead atoms. The maximum absolute atomic E-state index is 13.0. The molecule has 4 rings (SSSR count). The Labute approximate surface area is 167 Å². The highest BCUT2D eigenvalue weighted by Gasteiger charge is 2.33. The molecule has 1 saturated heterocycles. The Morgan fingerprint density at radius 1 is 1.03 bits per heavy atom. The molecule has 2 aliphatic heterocycles. The van der Waals surface area contributed by atoms with Crippen LogP contribution in [0.2, 0.25) is 0 Å². The van der Waals surface area contributed by atoms with Crippen LogP contribution >= 0.6 is 0 Å². The molecule has 2 amide bonds. The fourth-order valence-electron chi connectivity index (χ4n) is 3.79. The molecule has 0 atom stereocenters. The molecule has 2 aromatic rings. The summed E-state index contributed by atoms with van der Waals surface area (Å²) in [5.74, 6) is -0.778. The molecule has 8 heteroatoms. The van der Waals surface area contributed by atoms with Crippen molar-refractivity contribution < 1.29 is 28.6 Å². The van der Waals surface area contributed by atoms with Gasteiger partial charge in [-0.25, -0.2) is 4.79 Å². The van der Waals surface area contributed by atoms with Crippen molar-refractivity contribution in [2.45, 2.75) is 6.92 Å². The number of benzene rings is 2. The van der Waals surface area contributed by atoms with Crippen LogP contribution in [0.1, 0.15) is 27.6 Å². The highest BCUT2D eigenvalue weighted by molar-refractivity contribution is 6.26. The van der Waals surface area contributed by atoms with E-state index in [-0.39, 0.29) is 31.6 Å². The van der Waals surface area contributed by atoms with E-state index in [0.717, 1.165) is 29.1 Å².